The van der Waals surface area contributed by atoms with Crippen LogP contribution in [0.4, 0.5) is 4.79 Å². The second-order valence-electron chi connectivity index (χ2n) is 5.30. The molecule has 1 saturated heterocycles. The van der Waals surface area contributed by atoms with Gasteiger partial charge in [-0.15, -0.1) is 10.2 Å². The first-order valence-corrected chi connectivity index (χ1v) is 6.55. The van der Waals surface area contributed by atoms with Crippen molar-refractivity contribution >= 4 is 17.8 Å². The smallest absolute Gasteiger partial charge is 0.319 e. The minimum Gasteiger partial charge on any atom is -0.319 e. The van der Waals surface area contributed by atoms with E-state index in [1.54, 1.807) is 11.6 Å². The molecule has 8 heteroatoms. The van der Waals surface area contributed by atoms with Gasteiger partial charge in [0.2, 0.25) is 11.8 Å². The topological polar surface area (TPSA) is 97.2 Å². The van der Waals surface area contributed by atoms with Crippen LogP contribution in [0.3, 0.4) is 0 Å². The summed E-state index contributed by atoms with van der Waals surface area (Å²) in [5.74, 6) is -0.373. The van der Waals surface area contributed by atoms with Crippen molar-refractivity contribution in [2.24, 2.45) is 12.5 Å². The summed E-state index contributed by atoms with van der Waals surface area (Å²) in [6.45, 7) is 0.0240. The number of carbonyl (C=O) groups is 3. The lowest BCUT2D eigenvalue weighted by Gasteiger charge is -2.36. The summed E-state index contributed by atoms with van der Waals surface area (Å²) in [4.78, 5) is 37.6. The van der Waals surface area contributed by atoms with Gasteiger partial charge in [-0.2, -0.15) is 0 Å². The highest BCUT2D eigenvalue weighted by Crippen LogP contribution is 2.41. The normalized spacial score (nSPS) is 21.6. The maximum Gasteiger partial charge on any atom is 0.331 e. The first-order chi connectivity index (χ1) is 9.54. The number of nitrogens with one attached hydrogen (secondary N) is 1. The Morgan fingerprint density at radius 3 is 2.60 bits per heavy atom. The Bertz CT molecular complexity index is 588. The lowest BCUT2D eigenvalue weighted by atomic mass is 9.82. The number of carbonyl (C=O) groups excluding carboxylic acids is 3. The van der Waals surface area contributed by atoms with Crippen molar-refractivity contribution in [3.8, 4) is 0 Å². The SMILES string of the molecule is Cn1cnnc1CN1C(=O)NC(=O)C2(CCCC2)C1=O. The lowest BCUT2D eigenvalue weighted by molar-refractivity contribution is -0.151. The molecule has 3 rings (SSSR count). The molecule has 106 valence electrons. The van der Waals surface area contributed by atoms with Crippen LogP contribution < -0.4 is 5.32 Å². The molecule has 1 aliphatic carbocycles. The molecule has 4 amide bonds. The van der Waals surface area contributed by atoms with Gasteiger partial charge in [0.1, 0.15) is 11.7 Å². The van der Waals surface area contributed by atoms with Gasteiger partial charge in [-0.05, 0) is 12.8 Å². The molecule has 2 heterocycles. The number of hydrogen-bond donors (Lipinski definition) is 1. The molecule has 0 atom stereocenters. The van der Waals surface area contributed by atoms with E-state index in [-0.39, 0.29) is 6.54 Å². The number of amides is 4. The highest BCUT2D eigenvalue weighted by molar-refractivity contribution is 6.19. The Morgan fingerprint density at radius 2 is 2.00 bits per heavy atom. The molecule has 0 aromatic carbocycles. The summed E-state index contributed by atoms with van der Waals surface area (Å²) in [5.41, 5.74) is -1.06. The second kappa shape index (κ2) is 4.39. The molecular formula is C12H15N5O3. The average Bonchev–Trinajstić information content (AvgIpc) is 3.03. The van der Waals surface area contributed by atoms with Crippen LogP contribution in [0.15, 0.2) is 6.33 Å². The molecule has 1 aliphatic heterocycles. The molecule has 1 aromatic rings. The van der Waals surface area contributed by atoms with Crippen LogP contribution in [0, 0.1) is 5.41 Å². The van der Waals surface area contributed by atoms with Crippen molar-refractivity contribution < 1.29 is 14.4 Å². The van der Waals surface area contributed by atoms with Crippen molar-refractivity contribution in [1.29, 1.82) is 0 Å². The van der Waals surface area contributed by atoms with Crippen molar-refractivity contribution in [3.05, 3.63) is 12.2 Å². The Labute approximate surface area is 115 Å². The fourth-order valence-corrected chi connectivity index (χ4v) is 2.89. The van der Waals surface area contributed by atoms with Crippen LogP contribution in [-0.2, 0) is 23.2 Å². The molecule has 0 radical (unpaired) electrons. The van der Waals surface area contributed by atoms with Gasteiger partial charge in [-0.3, -0.25) is 19.8 Å². The number of nitrogens with zero attached hydrogens (tertiary/aromatic N) is 4. The lowest BCUT2D eigenvalue weighted by Crippen LogP contribution is -2.62. The zero-order valence-corrected chi connectivity index (χ0v) is 11.1. The number of urea groups is 1. The van der Waals surface area contributed by atoms with Crippen molar-refractivity contribution in [2.75, 3.05) is 0 Å². The van der Waals surface area contributed by atoms with Gasteiger partial charge >= 0.3 is 6.03 Å². The molecule has 2 aliphatic rings. The molecule has 0 unspecified atom stereocenters. The van der Waals surface area contributed by atoms with Crippen LogP contribution in [0.25, 0.3) is 0 Å². The van der Waals surface area contributed by atoms with Crippen LogP contribution in [0.5, 0.6) is 0 Å². The molecule has 0 bridgehead atoms. The minimum absolute atomic E-state index is 0.0240. The monoisotopic (exact) mass is 277 g/mol. The van der Waals surface area contributed by atoms with E-state index in [1.165, 1.54) is 6.33 Å². The summed E-state index contributed by atoms with van der Waals surface area (Å²) in [5, 5.41) is 9.88. The van der Waals surface area contributed by atoms with E-state index in [9.17, 15) is 14.4 Å². The van der Waals surface area contributed by atoms with Gasteiger partial charge in [-0.25, -0.2) is 4.79 Å². The Balaban J connectivity index is 1.90. The van der Waals surface area contributed by atoms with Gasteiger partial charge in [0.15, 0.2) is 5.82 Å². The van der Waals surface area contributed by atoms with Crippen LogP contribution in [0.1, 0.15) is 31.5 Å². The largest absolute Gasteiger partial charge is 0.331 e. The quantitative estimate of drug-likeness (QED) is 0.765. The van der Waals surface area contributed by atoms with E-state index in [0.29, 0.717) is 18.7 Å². The maximum atomic E-state index is 12.6. The standard InChI is InChI=1S/C12H15N5O3/c1-16-7-13-15-8(16)6-17-10(19)12(4-2-3-5-12)9(18)14-11(17)20/h7H,2-6H2,1H3,(H,14,18,20). The fourth-order valence-electron chi connectivity index (χ4n) is 2.89. The van der Waals surface area contributed by atoms with Crippen molar-refractivity contribution in [2.45, 2.75) is 32.2 Å². The van der Waals surface area contributed by atoms with Crippen LogP contribution in [0.2, 0.25) is 0 Å². The maximum absolute atomic E-state index is 12.6. The van der Waals surface area contributed by atoms with Gasteiger partial charge in [-0.1, -0.05) is 12.8 Å². The van der Waals surface area contributed by atoms with Gasteiger partial charge in [0.25, 0.3) is 0 Å². The predicted molar refractivity (Wildman–Crippen MR) is 66.0 cm³/mol. The molecule has 1 N–H and O–H groups in total. The van der Waals surface area contributed by atoms with E-state index < -0.39 is 23.3 Å². The third-order valence-electron chi connectivity index (χ3n) is 4.12. The Morgan fingerprint density at radius 1 is 1.30 bits per heavy atom. The number of imide groups is 2. The fraction of sp³-hybridized carbons (Fsp3) is 0.583. The number of aromatic nitrogens is 3. The molecule has 2 fully saturated rings. The van der Waals surface area contributed by atoms with Crippen LogP contribution >= 0.6 is 0 Å². The summed E-state index contributed by atoms with van der Waals surface area (Å²) in [6.07, 6.45) is 4.15. The van der Waals surface area contributed by atoms with E-state index in [0.717, 1.165) is 17.7 Å². The van der Waals surface area contributed by atoms with Gasteiger partial charge in [0.05, 0.1) is 6.54 Å². The van der Waals surface area contributed by atoms with E-state index in [1.807, 2.05) is 0 Å². The van der Waals surface area contributed by atoms with Crippen molar-refractivity contribution in [3.63, 3.8) is 0 Å². The second-order valence-corrected chi connectivity index (χ2v) is 5.30. The highest BCUT2D eigenvalue weighted by Gasteiger charge is 2.55. The summed E-state index contributed by atoms with van der Waals surface area (Å²) < 4.78 is 1.64. The zero-order valence-electron chi connectivity index (χ0n) is 11.1. The van der Waals surface area contributed by atoms with Crippen molar-refractivity contribution in [1.82, 2.24) is 25.0 Å². The third kappa shape index (κ3) is 1.71. The third-order valence-corrected chi connectivity index (χ3v) is 4.12. The van der Waals surface area contributed by atoms with E-state index in [2.05, 4.69) is 15.5 Å². The molecule has 20 heavy (non-hydrogen) atoms. The van der Waals surface area contributed by atoms with Gasteiger partial charge in [0, 0.05) is 7.05 Å². The van der Waals surface area contributed by atoms with Gasteiger partial charge < -0.3 is 4.57 Å². The van der Waals surface area contributed by atoms with E-state index >= 15 is 0 Å². The average molecular weight is 277 g/mol. The Hall–Kier alpha value is -2.25. The number of barbiturate groups is 1. The predicted octanol–water partition coefficient (Wildman–Crippen LogP) is -0.0461. The number of rotatable bonds is 2. The molecule has 1 aromatic heterocycles. The summed E-state index contributed by atoms with van der Waals surface area (Å²) in [6, 6.07) is -0.680. The number of hydrogen-bond acceptors (Lipinski definition) is 5. The van der Waals surface area contributed by atoms with E-state index in [4.69, 9.17) is 0 Å². The molecular weight excluding hydrogens is 262 g/mol. The molecule has 8 nitrogen and oxygen atoms in total. The minimum atomic E-state index is -1.06. The highest BCUT2D eigenvalue weighted by atomic mass is 16.2. The summed E-state index contributed by atoms with van der Waals surface area (Å²) >= 11 is 0. The zero-order chi connectivity index (χ0) is 14.3. The summed E-state index contributed by atoms with van der Waals surface area (Å²) in [7, 11) is 1.73. The first kappa shape index (κ1) is 12.8. The Kier molecular flexibility index (Phi) is 2.81. The molecule has 1 saturated carbocycles. The number of aryl methyl sites for hydroxylation is 1. The van der Waals surface area contributed by atoms with Crippen LogP contribution in [-0.4, -0.2) is 37.5 Å². The molecule has 1 spiro atoms. The first-order valence-electron chi connectivity index (χ1n) is 6.55.